The van der Waals surface area contributed by atoms with Gasteiger partial charge in [0.2, 0.25) is 0 Å². The summed E-state index contributed by atoms with van der Waals surface area (Å²) in [4.78, 5) is 0. The molecular weight excluding hydrogens is 256 g/mol. The van der Waals surface area contributed by atoms with Gasteiger partial charge in [0.05, 0.1) is 0 Å². The molecule has 0 aliphatic rings. The zero-order valence-corrected chi connectivity index (χ0v) is 11.4. The van der Waals surface area contributed by atoms with Gasteiger partial charge in [0.1, 0.15) is 0 Å². The first-order valence-corrected chi connectivity index (χ1v) is 6.24. The Morgan fingerprint density at radius 2 is 1.47 bits per heavy atom. The number of nitrogens with one attached hydrogen (secondary N) is 1. The minimum absolute atomic E-state index is 0. The lowest BCUT2D eigenvalue weighted by Crippen LogP contribution is -2.13. The van der Waals surface area contributed by atoms with E-state index in [1.807, 2.05) is 0 Å². The Morgan fingerprint density at radius 3 is 2.21 bits per heavy atom. The minimum atomic E-state index is 0. The number of hydrogen-bond acceptors (Lipinski definition) is 2. The van der Waals surface area contributed by atoms with Crippen LogP contribution in [0.4, 0.5) is 5.69 Å². The molecule has 0 aliphatic heterocycles. The van der Waals surface area contributed by atoms with Crippen molar-refractivity contribution in [2.75, 3.05) is 18.4 Å². The number of anilines is 1. The molecule has 0 fully saturated rings. The highest BCUT2D eigenvalue weighted by atomic mass is 35.5. The van der Waals surface area contributed by atoms with Crippen molar-refractivity contribution >= 4 is 39.6 Å². The van der Waals surface area contributed by atoms with Crippen LogP contribution in [-0.4, -0.2) is 13.1 Å². The molecule has 0 spiro atoms. The Bertz CT molecular complexity index is 694. The van der Waals surface area contributed by atoms with Crippen molar-refractivity contribution in [3.63, 3.8) is 0 Å². The van der Waals surface area contributed by atoms with Crippen LogP contribution < -0.4 is 11.1 Å². The summed E-state index contributed by atoms with van der Waals surface area (Å²) in [6, 6.07) is 19.2. The van der Waals surface area contributed by atoms with Gasteiger partial charge in [0.25, 0.3) is 0 Å². The van der Waals surface area contributed by atoms with E-state index in [4.69, 9.17) is 5.73 Å². The lowest BCUT2D eigenvalue weighted by molar-refractivity contribution is 1.03. The molecule has 3 N–H and O–H groups in total. The minimum Gasteiger partial charge on any atom is -0.383 e. The van der Waals surface area contributed by atoms with Crippen molar-refractivity contribution in [2.24, 2.45) is 5.73 Å². The van der Waals surface area contributed by atoms with Crippen LogP contribution in [0.25, 0.3) is 21.5 Å². The SMILES string of the molecule is Cl.NCCNc1cc2ccccc2c2ccccc12. The van der Waals surface area contributed by atoms with E-state index in [0.717, 1.165) is 12.2 Å². The van der Waals surface area contributed by atoms with Gasteiger partial charge in [-0.1, -0.05) is 48.5 Å². The third kappa shape index (κ3) is 2.50. The Kier molecular flexibility index (Phi) is 4.25. The van der Waals surface area contributed by atoms with E-state index in [2.05, 4.69) is 59.9 Å². The van der Waals surface area contributed by atoms with Crippen LogP contribution in [0, 0.1) is 0 Å². The maximum Gasteiger partial charge on any atom is 0.0426 e. The fraction of sp³-hybridized carbons (Fsp3) is 0.125. The number of nitrogens with two attached hydrogens (primary N) is 1. The van der Waals surface area contributed by atoms with Crippen molar-refractivity contribution in [3.8, 4) is 0 Å². The molecule has 0 unspecified atom stereocenters. The lowest BCUT2D eigenvalue weighted by Gasteiger charge is -2.11. The van der Waals surface area contributed by atoms with Gasteiger partial charge < -0.3 is 11.1 Å². The average molecular weight is 273 g/mol. The second kappa shape index (κ2) is 5.91. The molecule has 0 aliphatic carbocycles. The Hall–Kier alpha value is -1.77. The molecule has 2 nitrogen and oxygen atoms in total. The first-order valence-electron chi connectivity index (χ1n) is 6.24. The maximum atomic E-state index is 5.57. The lowest BCUT2D eigenvalue weighted by atomic mass is 10.0. The highest BCUT2D eigenvalue weighted by molar-refractivity contribution is 6.12. The smallest absolute Gasteiger partial charge is 0.0426 e. The largest absolute Gasteiger partial charge is 0.383 e. The molecule has 0 aromatic heterocycles. The predicted octanol–water partition coefficient (Wildman–Crippen LogP) is 3.79. The molecule has 0 saturated carbocycles. The van der Waals surface area contributed by atoms with Gasteiger partial charge in [0.15, 0.2) is 0 Å². The summed E-state index contributed by atoms with van der Waals surface area (Å²) in [5.74, 6) is 0. The standard InChI is InChI=1S/C16H16N2.ClH/c17-9-10-18-16-11-12-5-1-2-6-13(12)14-7-3-4-8-15(14)16;/h1-8,11,18H,9-10,17H2;1H. The second-order valence-corrected chi connectivity index (χ2v) is 4.41. The van der Waals surface area contributed by atoms with E-state index in [0.29, 0.717) is 6.54 Å². The van der Waals surface area contributed by atoms with Crippen molar-refractivity contribution in [2.45, 2.75) is 0 Å². The number of benzene rings is 3. The number of halogens is 1. The summed E-state index contributed by atoms with van der Waals surface area (Å²) >= 11 is 0. The average Bonchev–Trinajstić information content (AvgIpc) is 2.45. The van der Waals surface area contributed by atoms with E-state index >= 15 is 0 Å². The van der Waals surface area contributed by atoms with Gasteiger partial charge in [-0.2, -0.15) is 0 Å². The highest BCUT2D eigenvalue weighted by Gasteiger charge is 2.04. The fourth-order valence-corrected chi connectivity index (χ4v) is 2.41. The summed E-state index contributed by atoms with van der Waals surface area (Å²) in [5, 5.41) is 8.50. The molecule has 3 aromatic rings. The highest BCUT2D eigenvalue weighted by Crippen LogP contribution is 2.31. The van der Waals surface area contributed by atoms with E-state index in [1.54, 1.807) is 0 Å². The van der Waals surface area contributed by atoms with E-state index in [1.165, 1.54) is 21.5 Å². The van der Waals surface area contributed by atoms with Gasteiger partial charge in [-0.15, -0.1) is 12.4 Å². The van der Waals surface area contributed by atoms with Crippen LogP contribution in [0.5, 0.6) is 0 Å². The summed E-state index contributed by atoms with van der Waals surface area (Å²) < 4.78 is 0. The van der Waals surface area contributed by atoms with Crippen LogP contribution >= 0.6 is 12.4 Å². The first-order chi connectivity index (χ1) is 8.90. The van der Waals surface area contributed by atoms with Crippen molar-refractivity contribution < 1.29 is 0 Å². The van der Waals surface area contributed by atoms with Crippen molar-refractivity contribution in [1.29, 1.82) is 0 Å². The summed E-state index contributed by atoms with van der Waals surface area (Å²) in [7, 11) is 0. The van der Waals surface area contributed by atoms with Crippen LogP contribution in [0.3, 0.4) is 0 Å². The van der Waals surface area contributed by atoms with E-state index in [-0.39, 0.29) is 12.4 Å². The Morgan fingerprint density at radius 1 is 0.842 bits per heavy atom. The van der Waals surface area contributed by atoms with Crippen molar-refractivity contribution in [1.82, 2.24) is 0 Å². The number of rotatable bonds is 3. The molecule has 3 aromatic carbocycles. The first kappa shape index (κ1) is 13.7. The zero-order chi connectivity index (χ0) is 12.4. The fourth-order valence-electron chi connectivity index (χ4n) is 2.41. The van der Waals surface area contributed by atoms with E-state index < -0.39 is 0 Å². The van der Waals surface area contributed by atoms with Gasteiger partial charge >= 0.3 is 0 Å². The molecule has 0 saturated heterocycles. The molecule has 0 amide bonds. The number of fused-ring (bicyclic) bond motifs is 3. The quantitative estimate of drug-likeness (QED) is 0.712. The Labute approximate surface area is 119 Å². The molecule has 3 heteroatoms. The molecule has 0 heterocycles. The normalized spacial score (nSPS) is 10.4. The van der Waals surface area contributed by atoms with Crippen molar-refractivity contribution in [3.05, 3.63) is 54.6 Å². The zero-order valence-electron chi connectivity index (χ0n) is 10.6. The van der Waals surface area contributed by atoms with Crippen LogP contribution in [0.1, 0.15) is 0 Å². The molecule has 19 heavy (non-hydrogen) atoms. The predicted molar refractivity (Wildman–Crippen MR) is 86.2 cm³/mol. The van der Waals surface area contributed by atoms with E-state index in [9.17, 15) is 0 Å². The molecule has 98 valence electrons. The van der Waals surface area contributed by atoms with Gasteiger partial charge in [0, 0.05) is 24.2 Å². The van der Waals surface area contributed by atoms with Crippen LogP contribution in [0.15, 0.2) is 54.6 Å². The topological polar surface area (TPSA) is 38.0 Å². The van der Waals surface area contributed by atoms with Crippen LogP contribution in [0.2, 0.25) is 0 Å². The van der Waals surface area contributed by atoms with Gasteiger partial charge in [-0.05, 0) is 22.2 Å². The van der Waals surface area contributed by atoms with Gasteiger partial charge in [-0.3, -0.25) is 0 Å². The van der Waals surface area contributed by atoms with Crippen LogP contribution in [-0.2, 0) is 0 Å². The molecule has 3 rings (SSSR count). The summed E-state index contributed by atoms with van der Waals surface area (Å²) in [6.45, 7) is 1.43. The molecule has 0 atom stereocenters. The summed E-state index contributed by atoms with van der Waals surface area (Å²) in [6.07, 6.45) is 0. The maximum absolute atomic E-state index is 5.57. The molecule has 0 radical (unpaired) electrons. The summed E-state index contributed by atoms with van der Waals surface area (Å²) in [5.41, 5.74) is 6.73. The number of hydrogen-bond donors (Lipinski definition) is 2. The second-order valence-electron chi connectivity index (χ2n) is 4.41. The Balaban J connectivity index is 0.00000133. The molecule has 0 bridgehead atoms. The monoisotopic (exact) mass is 272 g/mol. The molecular formula is C16H17ClN2. The third-order valence-corrected chi connectivity index (χ3v) is 3.23. The third-order valence-electron chi connectivity index (χ3n) is 3.23. The van der Waals surface area contributed by atoms with Gasteiger partial charge in [-0.25, -0.2) is 0 Å².